The molecule has 2 rings (SSSR count). The molecule has 1 fully saturated rings. The van der Waals surface area contributed by atoms with Gasteiger partial charge in [0.05, 0.1) is 6.54 Å². The molecular formula is C22H38N4. The highest BCUT2D eigenvalue weighted by Gasteiger charge is 2.23. The number of piperidine rings is 1. The number of nitrogens with one attached hydrogen (secondary N) is 2. The van der Waals surface area contributed by atoms with Crippen LogP contribution in [0.3, 0.4) is 0 Å². The van der Waals surface area contributed by atoms with Crippen molar-refractivity contribution in [2.24, 2.45) is 4.99 Å². The van der Waals surface area contributed by atoms with Gasteiger partial charge in [-0.1, -0.05) is 43.7 Å². The molecule has 26 heavy (non-hydrogen) atoms. The van der Waals surface area contributed by atoms with Crippen LogP contribution in [-0.2, 0) is 5.41 Å². The first-order chi connectivity index (χ1) is 12.3. The van der Waals surface area contributed by atoms with E-state index in [1.165, 1.54) is 37.1 Å². The van der Waals surface area contributed by atoms with Crippen molar-refractivity contribution in [1.82, 2.24) is 15.5 Å². The molecule has 0 amide bonds. The first-order valence-corrected chi connectivity index (χ1v) is 10.2. The minimum absolute atomic E-state index is 0.0249. The normalized spacial score (nSPS) is 17.6. The summed E-state index contributed by atoms with van der Waals surface area (Å²) in [5.41, 5.74) is 2.67. The maximum atomic E-state index is 4.91. The van der Waals surface area contributed by atoms with Crippen LogP contribution in [0.4, 0.5) is 0 Å². The zero-order valence-electron chi connectivity index (χ0n) is 17.6. The van der Waals surface area contributed by atoms with Gasteiger partial charge in [0.2, 0.25) is 0 Å². The second-order valence-corrected chi connectivity index (χ2v) is 8.49. The van der Waals surface area contributed by atoms with E-state index in [0.717, 1.165) is 19.0 Å². The van der Waals surface area contributed by atoms with Gasteiger partial charge in [-0.15, -0.1) is 0 Å². The minimum Gasteiger partial charge on any atom is -0.357 e. The van der Waals surface area contributed by atoms with E-state index in [9.17, 15) is 0 Å². The molecule has 2 N–H and O–H groups in total. The number of rotatable bonds is 6. The smallest absolute Gasteiger partial charge is 0.191 e. The van der Waals surface area contributed by atoms with Gasteiger partial charge in [0.25, 0.3) is 0 Å². The number of nitrogens with zero attached hydrogens (tertiary/aromatic N) is 2. The second-order valence-electron chi connectivity index (χ2n) is 8.49. The Hall–Kier alpha value is -1.55. The van der Waals surface area contributed by atoms with Crippen molar-refractivity contribution in [1.29, 1.82) is 0 Å². The fraction of sp³-hybridized carbons (Fsp3) is 0.682. The van der Waals surface area contributed by atoms with Gasteiger partial charge in [0.1, 0.15) is 0 Å². The highest BCUT2D eigenvalue weighted by Crippen LogP contribution is 2.24. The highest BCUT2D eigenvalue weighted by atomic mass is 15.2. The third kappa shape index (κ3) is 6.01. The Bertz CT molecular complexity index is 566. The van der Waals surface area contributed by atoms with Crippen LogP contribution in [-0.4, -0.2) is 49.1 Å². The van der Waals surface area contributed by atoms with Gasteiger partial charge >= 0.3 is 0 Å². The van der Waals surface area contributed by atoms with Crippen molar-refractivity contribution < 1.29 is 0 Å². The van der Waals surface area contributed by atoms with E-state index in [0.29, 0.717) is 12.1 Å². The zero-order valence-corrected chi connectivity index (χ0v) is 17.6. The molecular weight excluding hydrogens is 320 g/mol. The third-order valence-corrected chi connectivity index (χ3v) is 5.41. The van der Waals surface area contributed by atoms with E-state index in [2.05, 4.69) is 81.3 Å². The van der Waals surface area contributed by atoms with Crippen LogP contribution in [0.1, 0.15) is 58.6 Å². The third-order valence-electron chi connectivity index (χ3n) is 5.41. The summed E-state index contributed by atoms with van der Waals surface area (Å²) in [6.07, 6.45) is 2.37. The van der Waals surface area contributed by atoms with Crippen LogP contribution in [0, 0.1) is 6.92 Å². The summed E-state index contributed by atoms with van der Waals surface area (Å²) >= 11 is 0. The number of hydrogen-bond acceptors (Lipinski definition) is 2. The monoisotopic (exact) mass is 358 g/mol. The summed E-state index contributed by atoms with van der Waals surface area (Å²) in [6, 6.07) is 10.00. The number of likely N-dealkylation sites (tertiary alicyclic amines) is 1. The molecule has 1 aromatic rings. The average molecular weight is 359 g/mol. The molecule has 1 aromatic carbocycles. The van der Waals surface area contributed by atoms with Gasteiger partial charge in [-0.25, -0.2) is 0 Å². The predicted molar refractivity (Wildman–Crippen MR) is 113 cm³/mol. The molecule has 1 saturated heterocycles. The lowest BCUT2D eigenvalue weighted by molar-refractivity contribution is 0.167. The molecule has 0 aliphatic carbocycles. The standard InChI is InChI=1S/C22H38N4/c1-7-23-21(25-20-12-14-26(15-13-20)17(2)3)24-16-22(5,6)19-10-8-18(4)9-11-19/h8-11,17,20H,7,12-16H2,1-6H3,(H2,23,24,25). The first kappa shape index (κ1) is 20.8. The van der Waals surface area contributed by atoms with Gasteiger partial charge in [-0.3, -0.25) is 4.99 Å². The largest absolute Gasteiger partial charge is 0.357 e. The lowest BCUT2D eigenvalue weighted by Gasteiger charge is -2.35. The Balaban J connectivity index is 1.96. The first-order valence-electron chi connectivity index (χ1n) is 10.2. The van der Waals surface area contributed by atoms with Gasteiger partial charge in [-0.2, -0.15) is 0 Å². The lowest BCUT2D eigenvalue weighted by atomic mass is 9.84. The van der Waals surface area contributed by atoms with E-state index in [4.69, 9.17) is 4.99 Å². The number of guanidine groups is 1. The maximum absolute atomic E-state index is 4.91. The molecule has 0 atom stereocenters. The van der Waals surface area contributed by atoms with Crippen molar-refractivity contribution in [3.63, 3.8) is 0 Å². The quantitative estimate of drug-likeness (QED) is 0.602. The molecule has 4 nitrogen and oxygen atoms in total. The van der Waals surface area contributed by atoms with Gasteiger partial charge in [-0.05, 0) is 46.1 Å². The molecule has 0 unspecified atom stereocenters. The van der Waals surface area contributed by atoms with E-state index < -0.39 is 0 Å². The molecule has 0 bridgehead atoms. The van der Waals surface area contributed by atoms with Crippen molar-refractivity contribution in [2.45, 2.75) is 71.9 Å². The number of aryl methyl sites for hydroxylation is 1. The summed E-state index contributed by atoms with van der Waals surface area (Å²) in [6.45, 7) is 17.4. The predicted octanol–water partition coefficient (Wildman–Crippen LogP) is 3.70. The summed E-state index contributed by atoms with van der Waals surface area (Å²) in [4.78, 5) is 7.47. The topological polar surface area (TPSA) is 39.7 Å². The summed E-state index contributed by atoms with van der Waals surface area (Å²) < 4.78 is 0. The van der Waals surface area contributed by atoms with Crippen LogP contribution in [0.2, 0.25) is 0 Å². The number of aliphatic imine (C=N–C) groups is 1. The molecule has 4 heteroatoms. The molecule has 0 radical (unpaired) electrons. The minimum atomic E-state index is 0.0249. The molecule has 0 aromatic heterocycles. The molecule has 146 valence electrons. The van der Waals surface area contributed by atoms with Crippen LogP contribution in [0.5, 0.6) is 0 Å². The highest BCUT2D eigenvalue weighted by molar-refractivity contribution is 5.80. The van der Waals surface area contributed by atoms with Gasteiger partial charge < -0.3 is 15.5 Å². The zero-order chi connectivity index (χ0) is 19.2. The van der Waals surface area contributed by atoms with Crippen LogP contribution < -0.4 is 10.6 Å². The molecule has 0 saturated carbocycles. The molecule has 0 spiro atoms. The van der Waals surface area contributed by atoms with Crippen molar-refractivity contribution in [3.05, 3.63) is 35.4 Å². The Kier molecular flexibility index (Phi) is 7.51. The fourth-order valence-electron chi connectivity index (χ4n) is 3.45. The van der Waals surface area contributed by atoms with Gasteiger partial charge in [0, 0.05) is 37.1 Å². The molecule has 1 aliphatic rings. The van der Waals surface area contributed by atoms with E-state index in [1.54, 1.807) is 0 Å². The number of benzene rings is 1. The van der Waals surface area contributed by atoms with Crippen molar-refractivity contribution in [2.75, 3.05) is 26.2 Å². The van der Waals surface area contributed by atoms with E-state index in [-0.39, 0.29) is 5.41 Å². The Labute approximate surface area is 160 Å². The second kappa shape index (κ2) is 9.40. The van der Waals surface area contributed by atoms with E-state index in [1.807, 2.05) is 0 Å². The SMILES string of the molecule is CCNC(=NCC(C)(C)c1ccc(C)cc1)NC1CCN(C(C)C)CC1. The maximum Gasteiger partial charge on any atom is 0.191 e. The van der Waals surface area contributed by atoms with Crippen LogP contribution in [0.25, 0.3) is 0 Å². The lowest BCUT2D eigenvalue weighted by Crippen LogP contribution is -2.50. The number of hydrogen-bond donors (Lipinski definition) is 2. The summed E-state index contributed by atoms with van der Waals surface area (Å²) in [5.74, 6) is 0.954. The fourth-order valence-corrected chi connectivity index (χ4v) is 3.45. The van der Waals surface area contributed by atoms with Crippen LogP contribution >= 0.6 is 0 Å². The van der Waals surface area contributed by atoms with Crippen molar-refractivity contribution >= 4 is 5.96 Å². The Morgan fingerprint density at radius 1 is 1.19 bits per heavy atom. The Morgan fingerprint density at radius 3 is 2.35 bits per heavy atom. The molecule has 1 aliphatic heterocycles. The van der Waals surface area contributed by atoms with Crippen LogP contribution in [0.15, 0.2) is 29.3 Å². The summed E-state index contributed by atoms with van der Waals surface area (Å²) in [7, 11) is 0. The Morgan fingerprint density at radius 2 is 1.81 bits per heavy atom. The van der Waals surface area contributed by atoms with Crippen molar-refractivity contribution in [3.8, 4) is 0 Å². The van der Waals surface area contributed by atoms with Gasteiger partial charge in [0.15, 0.2) is 5.96 Å². The average Bonchev–Trinajstić information content (AvgIpc) is 2.61. The van der Waals surface area contributed by atoms with E-state index >= 15 is 0 Å². The molecule has 1 heterocycles. The summed E-state index contributed by atoms with van der Waals surface area (Å²) in [5, 5.41) is 7.08.